The molecule has 0 heterocycles. The topological polar surface area (TPSA) is 57.0 Å². The Morgan fingerprint density at radius 3 is 2.17 bits per heavy atom. The summed E-state index contributed by atoms with van der Waals surface area (Å²) in [6.45, 7) is 0. The molecule has 0 aliphatic heterocycles. The molecule has 0 saturated carbocycles. The van der Waals surface area contributed by atoms with Gasteiger partial charge in [-0.2, -0.15) is 0 Å². The maximum atomic E-state index is 12.8. The second-order valence-corrected chi connectivity index (χ2v) is 3.46. The molecule has 0 N–H and O–H groups in total. The number of hydrogen-bond donors (Lipinski definition) is 0. The largest absolute Gasteiger partial charge is 2.00 e. The summed E-state index contributed by atoms with van der Waals surface area (Å²) in [5, 5.41) is 0. The molecule has 1 aliphatic rings. The van der Waals surface area contributed by atoms with E-state index in [4.69, 9.17) is 0 Å². The van der Waals surface area contributed by atoms with Gasteiger partial charge >= 0.3 is 67.8 Å². The van der Waals surface area contributed by atoms with E-state index in [0.717, 1.165) is 26.5 Å². The molecule has 0 radical (unpaired) electrons. The smallest absolute Gasteiger partial charge is 2.00 e. The molecular formula is C6H4F3O2Ti. The summed E-state index contributed by atoms with van der Waals surface area (Å²) >= 11 is 1.14. The third-order valence-electron chi connectivity index (χ3n) is 1.09. The van der Waals surface area contributed by atoms with E-state index in [-0.39, 0.29) is 17.4 Å². The van der Waals surface area contributed by atoms with Crippen LogP contribution in [0.5, 0.6) is 0 Å². The average Bonchev–Trinajstić information content (AvgIpc) is 1.54. The first-order chi connectivity index (χ1) is 4.49. The Morgan fingerprint density at radius 1 is 1.33 bits per heavy atom. The summed E-state index contributed by atoms with van der Waals surface area (Å²) in [7, 11) is 0. The van der Waals surface area contributed by atoms with Gasteiger partial charge in [0.15, 0.2) is 0 Å². The number of alkyl halides is 1. The van der Waals surface area contributed by atoms with E-state index in [1.165, 1.54) is 0 Å². The fraction of sp³-hybridized carbons (Fsp3) is 0.333. The predicted octanol–water partition coefficient (Wildman–Crippen LogP) is 2.07. The van der Waals surface area contributed by atoms with Crippen LogP contribution in [0.1, 0.15) is 6.42 Å². The second kappa shape index (κ2) is 4.82. The molecule has 2 nitrogen and oxygen atoms in total. The van der Waals surface area contributed by atoms with Gasteiger partial charge in [-0.05, 0) is 0 Å². The molecule has 0 fully saturated rings. The minimum absolute atomic E-state index is 0. The van der Waals surface area contributed by atoms with Crippen molar-refractivity contribution in [3.8, 4) is 0 Å². The fourth-order valence-corrected chi connectivity index (χ4v) is 1.24. The zero-order chi connectivity index (χ0) is 7.78. The Morgan fingerprint density at radius 2 is 1.83 bits per heavy atom. The molecule has 0 aromatic carbocycles. The van der Waals surface area contributed by atoms with E-state index < -0.39 is 15.6 Å². The van der Waals surface area contributed by atoms with Crippen molar-refractivity contribution in [3.05, 3.63) is 23.8 Å². The molecule has 0 bridgehead atoms. The first-order valence-corrected chi connectivity index (χ1v) is 3.46. The first-order valence-electron chi connectivity index (χ1n) is 2.68. The van der Waals surface area contributed by atoms with E-state index in [9.17, 15) is 13.2 Å². The minimum Gasteiger partial charge on any atom is -2.00 e. The van der Waals surface area contributed by atoms with Crippen molar-refractivity contribution in [1.29, 1.82) is 0 Å². The zero-order valence-electron chi connectivity index (χ0n) is 5.81. The summed E-state index contributed by atoms with van der Waals surface area (Å²) in [6, 6.07) is 0. The number of hydrogen-bond acceptors (Lipinski definition) is 0. The van der Waals surface area contributed by atoms with Gasteiger partial charge in [0.1, 0.15) is 0 Å². The quantitative estimate of drug-likeness (QED) is 0.553. The van der Waals surface area contributed by atoms with Crippen molar-refractivity contribution in [1.82, 2.24) is 0 Å². The van der Waals surface area contributed by atoms with Crippen LogP contribution >= 0.6 is 0 Å². The molecule has 0 saturated heterocycles. The molecule has 1 rings (SSSR count). The van der Waals surface area contributed by atoms with Gasteiger partial charge in [0.05, 0.1) is 0 Å². The van der Waals surface area contributed by atoms with E-state index >= 15 is 0 Å². The first kappa shape index (κ1) is 14.4. The molecule has 1 aliphatic carbocycles. The summed E-state index contributed by atoms with van der Waals surface area (Å²) in [6.07, 6.45) is 1.11. The summed E-state index contributed by atoms with van der Waals surface area (Å²) in [5.74, 6) is -1.58. The molecule has 6 heteroatoms. The van der Waals surface area contributed by atoms with Crippen LogP contribution in [0.4, 0.5) is 13.2 Å². The average molecular weight is 213 g/mol. The number of halogens is 3. The molecule has 0 amide bonds. The summed E-state index contributed by atoms with van der Waals surface area (Å²) < 4.78 is 35.4. The molecule has 0 spiro atoms. The summed E-state index contributed by atoms with van der Waals surface area (Å²) in [5.41, 5.74) is 0. The van der Waals surface area contributed by atoms with Gasteiger partial charge in [-0.25, -0.2) is 0 Å². The van der Waals surface area contributed by atoms with Crippen molar-refractivity contribution >= 4 is 0 Å². The van der Waals surface area contributed by atoms with Crippen molar-refractivity contribution in [2.24, 2.45) is 0 Å². The third-order valence-corrected chi connectivity index (χ3v) is 1.59. The van der Waals surface area contributed by atoms with Gasteiger partial charge < -0.3 is 11.0 Å². The number of allylic oxidation sites excluding steroid dienone is 4. The van der Waals surface area contributed by atoms with Gasteiger partial charge in [0.25, 0.3) is 0 Å². The second-order valence-electron chi connectivity index (χ2n) is 2.16. The Bertz CT molecular complexity index is 213. The van der Waals surface area contributed by atoms with E-state index in [1.54, 1.807) is 0 Å². The van der Waals surface area contributed by atoms with Crippen LogP contribution in [0.2, 0.25) is 0 Å². The Balaban J connectivity index is 0. The van der Waals surface area contributed by atoms with Crippen LogP contribution in [0.25, 0.3) is 0 Å². The molecule has 0 aromatic heterocycles. The SMILES string of the molecule is FC1=C[C](F)([Ti+4])CC(F)=C1.[O-2].[O-2]. The van der Waals surface area contributed by atoms with E-state index in [0.29, 0.717) is 6.08 Å². The van der Waals surface area contributed by atoms with Gasteiger partial charge in [-0.15, -0.1) is 0 Å². The predicted molar refractivity (Wildman–Crippen MR) is 28.2 cm³/mol. The van der Waals surface area contributed by atoms with Crippen LogP contribution < -0.4 is 0 Å². The third kappa shape index (κ3) is 4.06. The van der Waals surface area contributed by atoms with Crippen LogP contribution in [-0.2, 0) is 31.4 Å². The fourth-order valence-electron chi connectivity index (χ4n) is 0.758. The van der Waals surface area contributed by atoms with E-state index in [2.05, 4.69) is 0 Å². The standard InChI is InChI=1S/C6H4F3.2O.Ti/c7-4-1-5(8)3-6(9)2-4;;;/h1-2H,3H2;;;/q;2*-2;+4. The Labute approximate surface area is 79.2 Å². The maximum absolute atomic E-state index is 12.8. The molecule has 65 valence electrons. The van der Waals surface area contributed by atoms with Gasteiger partial charge in [-0.1, -0.05) is 0 Å². The van der Waals surface area contributed by atoms with Crippen LogP contribution in [-0.4, -0.2) is 3.97 Å². The molecule has 12 heavy (non-hydrogen) atoms. The molecule has 1 unspecified atom stereocenters. The van der Waals surface area contributed by atoms with Crippen LogP contribution in [0, 0.1) is 0 Å². The van der Waals surface area contributed by atoms with Gasteiger partial charge in [-0.3, -0.25) is 0 Å². The van der Waals surface area contributed by atoms with Gasteiger partial charge in [0.2, 0.25) is 0 Å². The van der Waals surface area contributed by atoms with Crippen LogP contribution in [0.15, 0.2) is 23.8 Å². The Hall–Kier alpha value is -0.0957. The van der Waals surface area contributed by atoms with Crippen LogP contribution in [0.3, 0.4) is 0 Å². The van der Waals surface area contributed by atoms with E-state index in [1.807, 2.05) is 0 Å². The zero-order valence-corrected chi connectivity index (χ0v) is 7.37. The number of rotatable bonds is 0. The Kier molecular flexibility index (Phi) is 5.79. The molecule has 0 aromatic rings. The van der Waals surface area contributed by atoms with Crippen molar-refractivity contribution < 1.29 is 44.6 Å². The normalized spacial score (nSPS) is 27.8. The van der Waals surface area contributed by atoms with Gasteiger partial charge in [0, 0.05) is 0 Å². The molecular weight excluding hydrogens is 209 g/mol. The molecule has 1 atom stereocenters. The van der Waals surface area contributed by atoms with Crippen molar-refractivity contribution in [2.45, 2.75) is 10.4 Å². The summed E-state index contributed by atoms with van der Waals surface area (Å²) in [4.78, 5) is 0. The minimum atomic E-state index is -1.86. The monoisotopic (exact) mass is 213 g/mol. The maximum Gasteiger partial charge on any atom is -2.00 e. The van der Waals surface area contributed by atoms with Crippen molar-refractivity contribution in [2.75, 3.05) is 0 Å². The van der Waals surface area contributed by atoms with Crippen molar-refractivity contribution in [3.63, 3.8) is 0 Å².